The third kappa shape index (κ3) is 1340. The first-order chi connectivity index (χ1) is 4.46. The summed E-state index contributed by atoms with van der Waals surface area (Å²) in [6, 6.07) is 0. The van der Waals surface area contributed by atoms with Gasteiger partial charge in [-0.15, -0.1) is 0 Å². The molecule has 0 unspecified atom stereocenters. The van der Waals surface area contributed by atoms with Crippen molar-refractivity contribution in [3.8, 4) is 0 Å². The van der Waals surface area contributed by atoms with E-state index in [0.29, 0.717) is 0 Å². The van der Waals surface area contributed by atoms with E-state index in [9.17, 15) is 0 Å². The zero-order valence-electron chi connectivity index (χ0n) is 5.40. The summed E-state index contributed by atoms with van der Waals surface area (Å²) in [5.41, 5.74) is 0. The summed E-state index contributed by atoms with van der Waals surface area (Å²) >= 11 is 0. The van der Waals surface area contributed by atoms with Crippen LogP contribution < -0.4 is 20.4 Å². The molecule has 0 saturated carbocycles. The van der Waals surface area contributed by atoms with Gasteiger partial charge in [-0.3, -0.25) is 0 Å². The van der Waals surface area contributed by atoms with E-state index < -0.39 is 12.3 Å². The monoisotopic (exact) mass is 242 g/mol. The molecule has 0 radical (unpaired) electrons. The second-order valence-corrected chi connectivity index (χ2v) is 0.500. The maximum absolute atomic E-state index is 8.33. The topological polar surface area (TPSA) is 147 Å². The molecular weight excluding hydrogens is 239 g/mol. The first-order valence-electron chi connectivity index (χ1n) is 1.67. The van der Waals surface area contributed by atoms with Gasteiger partial charge in [-0.05, 0) is 12.3 Å². The molecule has 0 aromatic rings. The average molecular weight is 243 g/mol. The van der Waals surface area contributed by atoms with E-state index in [1.54, 1.807) is 0 Å². The molecule has 0 bridgehead atoms. The Morgan fingerprint density at radius 1 is 0.909 bits per heavy atom. The fourth-order valence-corrected chi connectivity index (χ4v) is 0. The molecule has 0 saturated heterocycles. The van der Waals surface area contributed by atoms with Crippen molar-refractivity contribution in [1.29, 1.82) is 0 Å². The van der Waals surface area contributed by atoms with Crippen molar-refractivity contribution in [2.75, 3.05) is 7.11 Å². The van der Waals surface area contributed by atoms with Gasteiger partial charge in [0, 0.05) is 7.11 Å². The molecule has 8 heteroatoms. The van der Waals surface area contributed by atoms with Crippen LogP contribution in [-0.4, -0.2) is 24.5 Å². The fraction of sp³-hybridized carbons (Fsp3) is 0.333. The summed E-state index contributed by atoms with van der Waals surface area (Å²) in [6.45, 7) is 0. The Morgan fingerprint density at radius 2 is 0.909 bits per heavy atom. The van der Waals surface area contributed by atoms with E-state index in [1.165, 1.54) is 0 Å². The van der Waals surface area contributed by atoms with Crippen LogP contribution in [0.2, 0.25) is 0 Å². The summed E-state index contributed by atoms with van der Waals surface area (Å²) in [4.78, 5) is 16.7. The number of carbonyl (C=O) groups excluding carboxylic acids is 2. The van der Waals surface area contributed by atoms with E-state index in [2.05, 4.69) is 0 Å². The summed E-state index contributed by atoms with van der Waals surface area (Å²) in [6.07, 6.45) is -4.67. The number of aliphatic hydroxyl groups is 1. The Kier molecular flexibility index (Phi) is 46.4. The van der Waals surface area contributed by atoms with Crippen molar-refractivity contribution in [2.24, 2.45) is 0 Å². The Balaban J connectivity index is -0.0000000339. The maximum Gasteiger partial charge on any atom is 4.00 e. The van der Waals surface area contributed by atoms with Gasteiger partial charge in [-0.25, -0.2) is 0 Å². The van der Waals surface area contributed by atoms with Crippen molar-refractivity contribution in [3.05, 3.63) is 0 Å². The number of carboxylic acid groups (broad SMARTS) is 4. The van der Waals surface area contributed by atoms with Crippen LogP contribution in [0, 0.1) is 0 Å². The van der Waals surface area contributed by atoms with Gasteiger partial charge in [0.1, 0.15) is 0 Å². The second kappa shape index (κ2) is 22.8. The summed E-state index contributed by atoms with van der Waals surface area (Å²) < 4.78 is 0. The van der Waals surface area contributed by atoms with Crippen LogP contribution in [0.1, 0.15) is 0 Å². The Morgan fingerprint density at radius 3 is 0.909 bits per heavy atom. The standard InChI is InChI=1S/2CH2O3.CH4O.Zr/c2*2-1(3)4;1-2;/h2*(H2,2,3,4);2H,1H3;/q;;;+4/p-4. The average Bonchev–Trinajstić information content (AvgIpc) is 1.66. The molecular formula is C3H4O7Zr. The fourth-order valence-electron chi connectivity index (χ4n) is 0. The van der Waals surface area contributed by atoms with Crippen LogP contribution in [0.25, 0.3) is 0 Å². The smallest absolute Gasteiger partial charge is 0.652 e. The molecule has 0 fully saturated rings. The largest absolute Gasteiger partial charge is 4.00 e. The molecule has 7 nitrogen and oxygen atoms in total. The van der Waals surface area contributed by atoms with Gasteiger partial charge in [-0.1, -0.05) is 0 Å². The van der Waals surface area contributed by atoms with E-state index >= 15 is 0 Å². The minimum absolute atomic E-state index is 0. The normalized spacial score (nSPS) is 4.91. The van der Waals surface area contributed by atoms with Gasteiger partial charge in [0.25, 0.3) is 0 Å². The summed E-state index contributed by atoms with van der Waals surface area (Å²) in [5, 5.41) is 40.3. The number of aliphatic hydroxyl groups excluding tert-OH is 1. The minimum atomic E-state index is -2.33. The molecule has 1 N–H and O–H groups in total. The molecule has 11 heavy (non-hydrogen) atoms. The Labute approximate surface area is 81.0 Å². The van der Waals surface area contributed by atoms with Crippen LogP contribution >= 0.6 is 0 Å². The third-order valence-electron chi connectivity index (χ3n) is 0. The van der Waals surface area contributed by atoms with Crippen LogP contribution in [0.3, 0.4) is 0 Å². The van der Waals surface area contributed by atoms with Gasteiger partial charge >= 0.3 is 26.2 Å². The number of carbonyl (C=O) groups is 2. The predicted octanol–water partition coefficient (Wildman–Crippen LogP) is -5.29. The van der Waals surface area contributed by atoms with Gasteiger partial charge in [0.2, 0.25) is 0 Å². The van der Waals surface area contributed by atoms with Gasteiger partial charge < -0.3 is 35.1 Å². The SMILES string of the molecule is CO.O=C([O-])[O-].O=C([O-])[O-].[Zr+4]. The van der Waals surface area contributed by atoms with E-state index in [4.69, 9.17) is 35.1 Å². The van der Waals surface area contributed by atoms with E-state index in [1.807, 2.05) is 0 Å². The molecule has 0 amide bonds. The zero-order chi connectivity index (χ0) is 9.15. The van der Waals surface area contributed by atoms with Crippen molar-refractivity contribution in [1.82, 2.24) is 0 Å². The molecule has 0 spiro atoms. The predicted molar refractivity (Wildman–Crippen MR) is 18.9 cm³/mol. The van der Waals surface area contributed by atoms with Crippen molar-refractivity contribution >= 4 is 12.3 Å². The van der Waals surface area contributed by atoms with E-state index in [0.717, 1.165) is 7.11 Å². The molecule has 0 aliphatic rings. The molecule has 0 aliphatic carbocycles. The first-order valence-corrected chi connectivity index (χ1v) is 1.67. The second-order valence-electron chi connectivity index (χ2n) is 0.500. The van der Waals surface area contributed by atoms with Gasteiger partial charge in [-0.2, -0.15) is 0 Å². The molecule has 0 aromatic heterocycles. The summed E-state index contributed by atoms with van der Waals surface area (Å²) in [7, 11) is 1.00. The molecule has 0 rings (SSSR count). The molecule has 0 heterocycles. The minimum Gasteiger partial charge on any atom is -0.652 e. The Hall–Kier alpha value is -0.617. The zero-order valence-corrected chi connectivity index (χ0v) is 7.85. The number of hydrogen-bond donors (Lipinski definition) is 1. The van der Waals surface area contributed by atoms with Crippen LogP contribution in [-0.2, 0) is 26.2 Å². The van der Waals surface area contributed by atoms with Crippen LogP contribution in [0.15, 0.2) is 0 Å². The molecule has 0 aliphatic heterocycles. The van der Waals surface area contributed by atoms with Crippen LogP contribution in [0.4, 0.5) is 9.59 Å². The summed E-state index contributed by atoms with van der Waals surface area (Å²) in [5.74, 6) is 0. The number of rotatable bonds is 0. The maximum atomic E-state index is 8.33. The molecule has 62 valence electrons. The van der Waals surface area contributed by atoms with Crippen molar-refractivity contribution < 1.29 is 61.3 Å². The quantitative estimate of drug-likeness (QED) is 0.447. The Bertz CT molecular complexity index is 71.7. The number of hydrogen-bond acceptors (Lipinski definition) is 7. The van der Waals surface area contributed by atoms with Gasteiger partial charge in [0.05, 0.1) is 0 Å². The van der Waals surface area contributed by atoms with E-state index in [-0.39, 0.29) is 26.2 Å². The van der Waals surface area contributed by atoms with Crippen LogP contribution in [0.5, 0.6) is 0 Å². The molecule has 0 atom stereocenters. The van der Waals surface area contributed by atoms with Crippen molar-refractivity contribution in [3.63, 3.8) is 0 Å². The molecule has 0 aromatic carbocycles. The van der Waals surface area contributed by atoms with Gasteiger partial charge in [0.15, 0.2) is 0 Å². The first kappa shape index (κ1) is 22.4. The van der Waals surface area contributed by atoms with Crippen molar-refractivity contribution in [2.45, 2.75) is 0 Å². The third-order valence-corrected chi connectivity index (χ3v) is 0.